The summed E-state index contributed by atoms with van der Waals surface area (Å²) < 4.78 is 12.4. The average Bonchev–Trinajstić information content (AvgIpc) is 2.73. The van der Waals surface area contributed by atoms with Crippen molar-refractivity contribution in [1.29, 1.82) is 0 Å². The normalized spacial score (nSPS) is 12.2. The number of hydrogen-bond acceptors (Lipinski definition) is 4. The fraction of sp³-hybridized carbons (Fsp3) is 0.318. The van der Waals surface area contributed by atoms with Gasteiger partial charge in [0.15, 0.2) is 17.2 Å². The Morgan fingerprint density at radius 3 is 2.43 bits per heavy atom. The molecule has 1 unspecified atom stereocenters. The van der Waals surface area contributed by atoms with E-state index in [-0.39, 0.29) is 17.9 Å². The minimum absolute atomic E-state index is 0.0105. The predicted molar refractivity (Wildman–Crippen MR) is 125 cm³/mol. The standard InChI is InChI=1S/C22H23Cl2NO4S/c1-5-9-30(4)21-20(26)14-10-17(28-2)18(29-3)11-16(14)25(22(21)27)12-13-7-6-8-15(23)19(13)24/h6-8,10-11H,5,9,12H2,1-4H3/p+1. The van der Waals surface area contributed by atoms with Gasteiger partial charge in [0.25, 0.3) is 4.90 Å². The Morgan fingerprint density at radius 2 is 1.80 bits per heavy atom. The third kappa shape index (κ3) is 4.09. The van der Waals surface area contributed by atoms with Crippen LogP contribution in [0.1, 0.15) is 18.9 Å². The Morgan fingerprint density at radius 1 is 1.13 bits per heavy atom. The van der Waals surface area contributed by atoms with E-state index in [1.165, 1.54) is 14.2 Å². The van der Waals surface area contributed by atoms with Crippen molar-refractivity contribution in [3.05, 3.63) is 56.3 Å². The Labute approximate surface area is 188 Å². The molecule has 30 heavy (non-hydrogen) atoms. The molecule has 1 aromatic heterocycles. The number of aromatic hydroxyl groups is 1. The van der Waals surface area contributed by atoms with Crippen molar-refractivity contribution < 1.29 is 14.6 Å². The van der Waals surface area contributed by atoms with Gasteiger partial charge in [-0.15, -0.1) is 0 Å². The van der Waals surface area contributed by atoms with Crippen LogP contribution in [-0.4, -0.2) is 35.9 Å². The van der Waals surface area contributed by atoms with Gasteiger partial charge in [-0.3, -0.25) is 9.36 Å². The Balaban J connectivity index is 2.37. The van der Waals surface area contributed by atoms with Crippen molar-refractivity contribution >= 4 is 45.0 Å². The van der Waals surface area contributed by atoms with Crippen LogP contribution in [0.15, 0.2) is 40.0 Å². The summed E-state index contributed by atoms with van der Waals surface area (Å²) >= 11 is 12.6. The fourth-order valence-corrected chi connectivity index (χ4v) is 5.50. The molecule has 160 valence electrons. The van der Waals surface area contributed by atoms with Crippen molar-refractivity contribution in [2.24, 2.45) is 0 Å². The molecule has 0 aliphatic heterocycles. The molecule has 8 heteroatoms. The molecule has 0 aliphatic rings. The van der Waals surface area contributed by atoms with Crippen LogP contribution >= 0.6 is 23.2 Å². The summed E-state index contributed by atoms with van der Waals surface area (Å²) in [4.78, 5) is 13.9. The number of benzene rings is 2. The lowest BCUT2D eigenvalue weighted by Crippen LogP contribution is -2.28. The van der Waals surface area contributed by atoms with E-state index in [2.05, 4.69) is 6.92 Å². The van der Waals surface area contributed by atoms with Crippen LogP contribution in [0.3, 0.4) is 0 Å². The molecule has 0 radical (unpaired) electrons. The highest BCUT2D eigenvalue weighted by atomic mass is 35.5. The van der Waals surface area contributed by atoms with E-state index in [1.54, 1.807) is 28.8 Å². The monoisotopic (exact) mass is 468 g/mol. The molecule has 1 atom stereocenters. The zero-order valence-corrected chi connectivity index (χ0v) is 19.6. The maximum Gasteiger partial charge on any atom is 0.310 e. The number of aromatic nitrogens is 1. The highest BCUT2D eigenvalue weighted by molar-refractivity contribution is 7.96. The summed E-state index contributed by atoms with van der Waals surface area (Å²) in [6, 6.07) is 8.73. The summed E-state index contributed by atoms with van der Waals surface area (Å²) in [5.74, 6) is 1.73. The Kier molecular flexibility index (Phi) is 7.11. The first kappa shape index (κ1) is 22.7. The van der Waals surface area contributed by atoms with Gasteiger partial charge in [-0.1, -0.05) is 42.3 Å². The summed E-state index contributed by atoms with van der Waals surface area (Å²) in [5.41, 5.74) is 0.997. The van der Waals surface area contributed by atoms with E-state index in [1.807, 2.05) is 12.3 Å². The molecule has 0 fully saturated rings. The fourth-order valence-electron chi connectivity index (χ4n) is 3.46. The third-order valence-corrected chi connectivity index (χ3v) is 7.86. The second kappa shape index (κ2) is 9.41. The molecule has 2 aromatic carbocycles. The molecular weight excluding hydrogens is 445 g/mol. The van der Waals surface area contributed by atoms with E-state index in [4.69, 9.17) is 32.7 Å². The van der Waals surface area contributed by atoms with E-state index >= 15 is 0 Å². The van der Waals surface area contributed by atoms with Gasteiger partial charge < -0.3 is 14.6 Å². The van der Waals surface area contributed by atoms with E-state index in [0.717, 1.165) is 12.2 Å². The number of pyridine rings is 1. The van der Waals surface area contributed by atoms with Gasteiger partial charge in [0, 0.05) is 22.3 Å². The molecule has 1 heterocycles. The molecule has 0 amide bonds. The van der Waals surface area contributed by atoms with Crippen LogP contribution < -0.4 is 15.0 Å². The van der Waals surface area contributed by atoms with Gasteiger partial charge in [0.05, 0.1) is 36.3 Å². The van der Waals surface area contributed by atoms with Crippen LogP contribution in [-0.2, 0) is 17.4 Å². The highest BCUT2D eigenvalue weighted by Gasteiger charge is 2.29. The lowest BCUT2D eigenvalue weighted by atomic mass is 10.1. The van der Waals surface area contributed by atoms with Gasteiger partial charge >= 0.3 is 5.56 Å². The highest BCUT2D eigenvalue weighted by Crippen LogP contribution is 2.38. The molecule has 1 N–H and O–H groups in total. The van der Waals surface area contributed by atoms with Crippen molar-refractivity contribution in [3.8, 4) is 17.2 Å². The third-order valence-electron chi connectivity index (χ3n) is 4.92. The number of hydrogen-bond donors (Lipinski definition) is 1. The molecule has 0 spiro atoms. The quantitative estimate of drug-likeness (QED) is 0.490. The largest absolute Gasteiger partial charge is 0.503 e. The molecule has 0 bridgehead atoms. The van der Waals surface area contributed by atoms with Crippen molar-refractivity contribution in [3.63, 3.8) is 0 Å². The average molecular weight is 469 g/mol. The number of fused-ring (bicyclic) bond motifs is 1. The second-order valence-corrected chi connectivity index (χ2v) is 9.72. The van der Waals surface area contributed by atoms with E-state index < -0.39 is 10.9 Å². The van der Waals surface area contributed by atoms with Crippen LogP contribution in [0, 0.1) is 0 Å². The number of halogens is 2. The molecule has 0 aliphatic carbocycles. The van der Waals surface area contributed by atoms with Crippen LogP contribution in [0.25, 0.3) is 10.9 Å². The van der Waals surface area contributed by atoms with Crippen molar-refractivity contribution in [2.75, 3.05) is 26.2 Å². The number of ether oxygens (including phenoxy) is 2. The minimum Gasteiger partial charge on any atom is -0.503 e. The number of nitrogens with zero attached hydrogens (tertiary/aromatic N) is 1. The van der Waals surface area contributed by atoms with Gasteiger partial charge in [0.1, 0.15) is 12.0 Å². The molecule has 3 rings (SSSR count). The summed E-state index contributed by atoms with van der Waals surface area (Å²) in [7, 11) is 2.64. The lowest BCUT2D eigenvalue weighted by Gasteiger charge is -2.17. The summed E-state index contributed by atoms with van der Waals surface area (Å²) in [6.07, 6.45) is 2.88. The number of rotatable bonds is 7. The maximum absolute atomic E-state index is 13.5. The van der Waals surface area contributed by atoms with Gasteiger partial charge in [-0.25, -0.2) is 0 Å². The van der Waals surface area contributed by atoms with Crippen molar-refractivity contribution in [2.45, 2.75) is 24.8 Å². The molecule has 3 aromatic rings. The van der Waals surface area contributed by atoms with Gasteiger partial charge in [-0.2, -0.15) is 0 Å². The molecule has 0 saturated carbocycles. The minimum atomic E-state index is -0.421. The van der Waals surface area contributed by atoms with Gasteiger partial charge in [0.2, 0.25) is 0 Å². The number of methoxy groups -OCH3 is 2. The Hall–Kier alpha value is -2.02. The van der Waals surface area contributed by atoms with Crippen LogP contribution in [0.5, 0.6) is 17.2 Å². The van der Waals surface area contributed by atoms with Crippen LogP contribution in [0.2, 0.25) is 10.0 Å². The second-order valence-electron chi connectivity index (χ2n) is 6.85. The maximum atomic E-state index is 13.5. The lowest BCUT2D eigenvalue weighted by molar-refractivity contribution is 0.355. The molecular formula is C22H24Cl2NO4S+. The van der Waals surface area contributed by atoms with E-state index in [9.17, 15) is 9.90 Å². The topological polar surface area (TPSA) is 60.7 Å². The first-order valence-electron chi connectivity index (χ1n) is 9.40. The molecule has 5 nitrogen and oxygen atoms in total. The Bertz CT molecular complexity index is 1150. The summed E-state index contributed by atoms with van der Waals surface area (Å²) in [5, 5.41) is 12.4. The first-order chi connectivity index (χ1) is 14.3. The predicted octanol–water partition coefficient (Wildman–Crippen LogP) is 5.10. The smallest absolute Gasteiger partial charge is 0.310 e. The van der Waals surface area contributed by atoms with E-state index in [0.29, 0.717) is 42.9 Å². The zero-order valence-electron chi connectivity index (χ0n) is 17.3. The van der Waals surface area contributed by atoms with Crippen LogP contribution in [0.4, 0.5) is 0 Å². The summed E-state index contributed by atoms with van der Waals surface area (Å²) in [6.45, 7) is 2.26. The van der Waals surface area contributed by atoms with Gasteiger partial charge in [-0.05, 0) is 24.1 Å². The zero-order chi connectivity index (χ0) is 22.0. The molecule has 0 saturated heterocycles. The first-order valence-corrected chi connectivity index (χ1v) is 12.0. The van der Waals surface area contributed by atoms with Crippen molar-refractivity contribution in [1.82, 2.24) is 4.57 Å². The SMILES string of the molecule is CCC[S+](C)c1c(O)c2cc(OC)c(OC)cc2n(Cc2cccc(Cl)c2Cl)c1=O.